The van der Waals surface area contributed by atoms with Gasteiger partial charge in [-0.05, 0) is 89.0 Å². The van der Waals surface area contributed by atoms with Crippen molar-refractivity contribution in [3.05, 3.63) is 69.7 Å². The van der Waals surface area contributed by atoms with E-state index < -0.39 is 0 Å². The summed E-state index contributed by atoms with van der Waals surface area (Å²) in [5.74, 6) is 0. The van der Waals surface area contributed by atoms with Crippen molar-refractivity contribution in [1.82, 2.24) is 10.6 Å². The highest BCUT2D eigenvalue weighted by molar-refractivity contribution is 8.93. The Morgan fingerprint density at radius 3 is 1.19 bits per heavy atom. The molecule has 2 N–H and O–H groups in total. The summed E-state index contributed by atoms with van der Waals surface area (Å²) in [5.41, 5.74) is 2.27. The fourth-order valence-corrected chi connectivity index (χ4v) is 15.6. The van der Waals surface area contributed by atoms with Crippen LogP contribution in [0.2, 0.25) is 10.0 Å². The van der Waals surface area contributed by atoms with Crippen molar-refractivity contribution in [2.24, 2.45) is 0 Å². The molecule has 2 nitrogen and oxygen atoms in total. The van der Waals surface area contributed by atoms with Gasteiger partial charge in [0.1, 0.15) is 8.16 Å². The van der Waals surface area contributed by atoms with Crippen LogP contribution >= 0.6 is 66.4 Å². The fraction of sp³-hybridized carbons (Fsp3) is 0.571. The first-order valence-electron chi connectivity index (χ1n) is 12.8. The molecule has 1 heterocycles. The van der Waals surface area contributed by atoms with Gasteiger partial charge in [-0.25, -0.2) is 0 Å². The Morgan fingerprint density at radius 2 is 0.917 bits per heavy atom. The van der Waals surface area contributed by atoms with Gasteiger partial charge in [0, 0.05) is 21.1 Å². The van der Waals surface area contributed by atoms with Gasteiger partial charge in [0.2, 0.25) is 0 Å². The molecule has 0 unspecified atom stereocenters. The van der Waals surface area contributed by atoms with Crippen LogP contribution in [0.1, 0.15) is 78.4 Å². The molecule has 1 saturated heterocycles. The van der Waals surface area contributed by atoms with Gasteiger partial charge in [0.05, 0.1) is 0 Å². The Labute approximate surface area is 244 Å². The Kier molecular flexibility index (Phi) is 11.3. The number of benzene rings is 2. The Hall–Kier alpha value is 0.340. The second kappa shape index (κ2) is 13.1. The molecule has 36 heavy (non-hydrogen) atoms. The van der Waals surface area contributed by atoms with E-state index in [0.717, 1.165) is 23.1 Å². The van der Waals surface area contributed by atoms with Crippen molar-refractivity contribution in [3.8, 4) is 0 Å². The summed E-state index contributed by atoms with van der Waals surface area (Å²) < 4.78 is -0.424. The Balaban J connectivity index is 2.04. The molecule has 3 rings (SSSR count). The zero-order valence-electron chi connectivity index (χ0n) is 22.3. The molecule has 1 aliphatic rings. The third-order valence-electron chi connectivity index (χ3n) is 6.84. The Morgan fingerprint density at radius 1 is 0.611 bits per heavy atom. The first-order chi connectivity index (χ1) is 17.0. The van der Waals surface area contributed by atoms with Crippen LogP contribution in [-0.2, 0) is 8.16 Å². The van der Waals surface area contributed by atoms with E-state index in [4.69, 9.17) is 23.2 Å². The Bertz CT molecular complexity index is 877. The molecule has 200 valence electrons. The highest BCUT2D eigenvalue weighted by atomic mass is 35.5. The largest absolute Gasteiger partial charge is 0.309 e. The lowest BCUT2D eigenvalue weighted by molar-refractivity contribution is 0.352. The van der Waals surface area contributed by atoms with Gasteiger partial charge in [-0.1, -0.05) is 117 Å². The predicted molar refractivity (Wildman–Crippen MR) is 171 cm³/mol. The maximum atomic E-state index is 6.31. The molecule has 1 aliphatic heterocycles. The molecule has 1 fully saturated rings. The van der Waals surface area contributed by atoms with Crippen LogP contribution in [0.15, 0.2) is 48.5 Å². The van der Waals surface area contributed by atoms with E-state index in [1.54, 1.807) is 0 Å². The quantitative estimate of drug-likeness (QED) is 0.185. The third-order valence-corrected chi connectivity index (χ3v) is 17.2. The standard InChI is InChI=1S/C28H40Cl2N2S4/c1-7-9-19-31-25(3,4)27(21-11-15-23(29)16-12-21)33-35-28(36-34-27,22-13-17-24(30)18-14-22)26(5,6)32-20-10-8-2/h11-18,31-32H,7-10,19-20H2,1-6H3. The molecule has 0 radical (unpaired) electrons. The lowest BCUT2D eigenvalue weighted by atomic mass is 9.93. The molecule has 0 aromatic heterocycles. The van der Waals surface area contributed by atoms with E-state index in [2.05, 4.69) is 76.4 Å². The van der Waals surface area contributed by atoms with Crippen LogP contribution < -0.4 is 10.6 Å². The van der Waals surface area contributed by atoms with E-state index in [-0.39, 0.29) is 19.2 Å². The molecule has 0 spiro atoms. The average Bonchev–Trinajstić information content (AvgIpc) is 2.85. The highest BCUT2D eigenvalue weighted by Gasteiger charge is 2.59. The van der Waals surface area contributed by atoms with Gasteiger partial charge in [0.15, 0.2) is 0 Å². The summed E-state index contributed by atoms with van der Waals surface area (Å²) in [5, 5.41) is 9.35. The van der Waals surface area contributed by atoms with Crippen LogP contribution in [0.4, 0.5) is 0 Å². The second-order valence-electron chi connectivity index (χ2n) is 10.4. The molecular weight excluding hydrogens is 563 g/mol. The van der Waals surface area contributed by atoms with Crippen molar-refractivity contribution in [3.63, 3.8) is 0 Å². The average molecular weight is 604 g/mol. The van der Waals surface area contributed by atoms with Crippen LogP contribution in [-0.4, -0.2) is 24.2 Å². The van der Waals surface area contributed by atoms with Crippen LogP contribution in [0.5, 0.6) is 0 Å². The van der Waals surface area contributed by atoms with E-state index in [9.17, 15) is 0 Å². The smallest absolute Gasteiger partial charge is 0.124 e. The third kappa shape index (κ3) is 6.55. The minimum Gasteiger partial charge on any atom is -0.309 e. The maximum absolute atomic E-state index is 6.31. The zero-order valence-corrected chi connectivity index (χ0v) is 27.0. The van der Waals surface area contributed by atoms with Crippen LogP contribution in [0.3, 0.4) is 0 Å². The van der Waals surface area contributed by atoms with E-state index in [1.165, 1.54) is 36.8 Å². The van der Waals surface area contributed by atoms with Crippen molar-refractivity contribution in [2.75, 3.05) is 13.1 Å². The second-order valence-corrected chi connectivity index (χ2v) is 16.9. The highest BCUT2D eigenvalue weighted by Crippen LogP contribution is 2.76. The topological polar surface area (TPSA) is 24.1 Å². The van der Waals surface area contributed by atoms with Gasteiger partial charge < -0.3 is 10.6 Å². The number of halogens is 2. The summed E-state index contributed by atoms with van der Waals surface area (Å²) in [6.45, 7) is 15.9. The number of rotatable bonds is 12. The van der Waals surface area contributed by atoms with Crippen LogP contribution in [0.25, 0.3) is 0 Å². The molecule has 0 saturated carbocycles. The molecule has 0 bridgehead atoms. The van der Waals surface area contributed by atoms with Gasteiger partial charge in [-0.2, -0.15) is 0 Å². The number of unbranched alkanes of at least 4 members (excludes halogenated alkanes) is 2. The van der Waals surface area contributed by atoms with E-state index in [1.807, 2.05) is 67.4 Å². The molecule has 0 atom stereocenters. The number of nitrogens with one attached hydrogen (secondary N) is 2. The number of hydrogen-bond acceptors (Lipinski definition) is 6. The monoisotopic (exact) mass is 602 g/mol. The summed E-state index contributed by atoms with van der Waals surface area (Å²) in [7, 11) is 7.95. The molecule has 8 heteroatoms. The van der Waals surface area contributed by atoms with Crippen molar-refractivity contribution in [1.29, 1.82) is 0 Å². The van der Waals surface area contributed by atoms with Gasteiger partial charge in [-0.15, -0.1) is 0 Å². The summed E-state index contributed by atoms with van der Waals surface area (Å²) in [6.07, 6.45) is 4.69. The summed E-state index contributed by atoms with van der Waals surface area (Å²) in [6, 6.07) is 16.9. The molecule has 2 aromatic carbocycles. The molecule has 0 aliphatic carbocycles. The maximum Gasteiger partial charge on any atom is 0.124 e. The fourth-order valence-electron chi connectivity index (χ4n) is 4.32. The van der Waals surface area contributed by atoms with Gasteiger partial charge >= 0.3 is 0 Å². The van der Waals surface area contributed by atoms with Crippen molar-refractivity contribution in [2.45, 2.75) is 86.5 Å². The predicted octanol–water partition coefficient (Wildman–Crippen LogP) is 10.1. The van der Waals surface area contributed by atoms with Gasteiger partial charge in [0.25, 0.3) is 0 Å². The first-order valence-corrected chi connectivity index (χ1v) is 17.8. The lowest BCUT2D eigenvalue weighted by Crippen LogP contribution is -2.57. The summed E-state index contributed by atoms with van der Waals surface area (Å²) in [4.78, 5) is 0. The van der Waals surface area contributed by atoms with Crippen molar-refractivity contribution < 1.29 is 0 Å². The number of hydrogen-bond donors (Lipinski definition) is 2. The van der Waals surface area contributed by atoms with E-state index >= 15 is 0 Å². The molecule has 0 amide bonds. The van der Waals surface area contributed by atoms with Crippen molar-refractivity contribution >= 4 is 66.4 Å². The molecule has 2 aromatic rings. The minimum atomic E-state index is -0.212. The normalized spacial score (nSPS) is 23.1. The summed E-state index contributed by atoms with van der Waals surface area (Å²) >= 11 is 12.6. The van der Waals surface area contributed by atoms with E-state index in [0.29, 0.717) is 0 Å². The first kappa shape index (κ1) is 30.9. The van der Waals surface area contributed by atoms with Crippen LogP contribution in [0, 0.1) is 0 Å². The zero-order chi connectivity index (χ0) is 26.5. The SMILES string of the molecule is CCCCNC(C)(C)C1(c2ccc(Cl)cc2)SSC(c2ccc(Cl)cc2)(C(C)(C)NCCCC)SS1. The van der Waals surface area contributed by atoms with Gasteiger partial charge in [-0.3, -0.25) is 0 Å². The lowest BCUT2D eigenvalue weighted by Gasteiger charge is -2.55. The minimum absolute atomic E-state index is 0.155. The molecular formula is C28H40Cl2N2S4.